The summed E-state index contributed by atoms with van der Waals surface area (Å²) in [6.07, 6.45) is 4.72. The Labute approximate surface area is 136 Å². The number of hydrogen-bond acceptors (Lipinski definition) is 5. The van der Waals surface area contributed by atoms with Crippen LogP contribution in [0.1, 0.15) is 30.9 Å². The number of aromatic nitrogens is 2. The maximum atomic E-state index is 4.38. The molecule has 0 radical (unpaired) electrons. The Hall–Kier alpha value is -1.88. The van der Waals surface area contributed by atoms with Gasteiger partial charge >= 0.3 is 0 Å². The Kier molecular flexibility index (Phi) is 4.43. The Morgan fingerprint density at radius 1 is 1.23 bits per heavy atom. The van der Waals surface area contributed by atoms with Crippen LogP contribution in [-0.2, 0) is 0 Å². The zero-order valence-electron chi connectivity index (χ0n) is 13.3. The zero-order chi connectivity index (χ0) is 15.5. The number of anilines is 3. The number of nitrogens with zero attached hydrogens (tertiary/aromatic N) is 2. The van der Waals surface area contributed by atoms with Gasteiger partial charge in [0.1, 0.15) is 0 Å². The molecule has 0 bridgehead atoms. The summed E-state index contributed by atoms with van der Waals surface area (Å²) in [5.74, 6) is 2.43. The van der Waals surface area contributed by atoms with Crippen molar-refractivity contribution in [3.05, 3.63) is 41.0 Å². The van der Waals surface area contributed by atoms with E-state index in [9.17, 15) is 0 Å². The molecule has 0 fully saturated rings. The van der Waals surface area contributed by atoms with Gasteiger partial charge in [0.2, 0.25) is 0 Å². The van der Waals surface area contributed by atoms with Gasteiger partial charge in [-0.15, -0.1) is 0 Å². The molecule has 1 atom stereocenters. The minimum atomic E-state index is 0.776. The van der Waals surface area contributed by atoms with Crippen molar-refractivity contribution in [2.24, 2.45) is 5.92 Å². The molecule has 0 spiro atoms. The normalized spacial score (nSPS) is 17.4. The van der Waals surface area contributed by atoms with Crippen molar-refractivity contribution in [2.75, 3.05) is 17.2 Å². The second-order valence-corrected chi connectivity index (χ2v) is 6.62. The lowest BCUT2D eigenvalue weighted by atomic mass is 10.1. The Bertz CT molecular complexity index is 690. The maximum Gasteiger partial charge on any atom is 0.188 e. The fourth-order valence-corrected chi connectivity index (χ4v) is 3.21. The minimum Gasteiger partial charge on any atom is -0.362 e. The second kappa shape index (κ2) is 6.48. The molecule has 116 valence electrons. The number of rotatable bonds is 5. The molecule has 1 aliphatic rings. The lowest BCUT2D eigenvalue weighted by molar-refractivity contribution is 0.626. The van der Waals surface area contributed by atoms with E-state index in [1.54, 1.807) is 0 Å². The molecule has 1 aliphatic carbocycles. The first-order chi connectivity index (χ1) is 10.6. The highest BCUT2D eigenvalue weighted by Crippen LogP contribution is 2.28. The lowest BCUT2D eigenvalue weighted by Crippen LogP contribution is -2.07. The van der Waals surface area contributed by atoms with Crippen LogP contribution >= 0.6 is 11.7 Å². The van der Waals surface area contributed by atoms with Gasteiger partial charge in [-0.25, -0.2) is 0 Å². The highest BCUT2D eigenvalue weighted by atomic mass is 32.1. The minimum absolute atomic E-state index is 0.776. The molecule has 1 aromatic heterocycles. The number of aryl methyl sites for hydroxylation is 1. The quantitative estimate of drug-likeness (QED) is 0.788. The van der Waals surface area contributed by atoms with Crippen molar-refractivity contribution >= 4 is 29.1 Å². The molecule has 1 unspecified atom stereocenters. The van der Waals surface area contributed by atoms with E-state index in [2.05, 4.69) is 64.4 Å². The molecular weight excluding hydrogens is 292 g/mol. The van der Waals surface area contributed by atoms with Crippen LogP contribution in [0.4, 0.5) is 17.3 Å². The van der Waals surface area contributed by atoms with Crippen LogP contribution in [0, 0.1) is 19.8 Å². The summed E-state index contributed by atoms with van der Waals surface area (Å²) in [6, 6.07) is 6.25. The SMILES string of the molecule is Cc1cccc(Nc2nsnc2NCC2=CCC(C)C2)c1C. The highest BCUT2D eigenvalue weighted by Gasteiger charge is 2.14. The molecule has 0 saturated heterocycles. The predicted molar refractivity (Wildman–Crippen MR) is 94.1 cm³/mol. The molecule has 5 heteroatoms. The van der Waals surface area contributed by atoms with Gasteiger partial charge in [-0.2, -0.15) is 8.75 Å². The summed E-state index contributed by atoms with van der Waals surface area (Å²) in [5, 5.41) is 6.82. The van der Waals surface area contributed by atoms with Crippen molar-refractivity contribution in [2.45, 2.75) is 33.6 Å². The van der Waals surface area contributed by atoms with Gasteiger partial charge in [0.15, 0.2) is 11.6 Å². The number of hydrogen-bond donors (Lipinski definition) is 2. The van der Waals surface area contributed by atoms with E-state index in [4.69, 9.17) is 0 Å². The summed E-state index contributed by atoms with van der Waals surface area (Å²) >= 11 is 1.23. The summed E-state index contributed by atoms with van der Waals surface area (Å²) < 4.78 is 8.75. The maximum absolute atomic E-state index is 4.38. The average molecular weight is 314 g/mol. The van der Waals surface area contributed by atoms with Gasteiger partial charge in [-0.1, -0.05) is 30.7 Å². The summed E-state index contributed by atoms with van der Waals surface area (Å²) in [7, 11) is 0. The third kappa shape index (κ3) is 3.30. The molecule has 22 heavy (non-hydrogen) atoms. The van der Waals surface area contributed by atoms with Crippen molar-refractivity contribution in [1.29, 1.82) is 0 Å². The smallest absolute Gasteiger partial charge is 0.188 e. The van der Waals surface area contributed by atoms with Gasteiger partial charge in [0.05, 0.1) is 11.7 Å². The fourth-order valence-electron chi connectivity index (χ4n) is 2.72. The van der Waals surface area contributed by atoms with Crippen LogP contribution in [0.2, 0.25) is 0 Å². The molecule has 2 aromatic rings. The van der Waals surface area contributed by atoms with Crippen LogP contribution in [0.15, 0.2) is 29.8 Å². The predicted octanol–water partition coefficient (Wildman–Crippen LogP) is 4.67. The second-order valence-electron chi connectivity index (χ2n) is 6.09. The van der Waals surface area contributed by atoms with Gasteiger partial charge in [-0.05, 0) is 49.8 Å². The third-order valence-electron chi connectivity index (χ3n) is 4.25. The number of nitrogens with one attached hydrogen (secondary N) is 2. The lowest BCUT2D eigenvalue weighted by Gasteiger charge is -2.11. The first-order valence-corrected chi connectivity index (χ1v) is 8.44. The molecular formula is C17H22N4S. The van der Waals surface area contributed by atoms with Gasteiger partial charge in [0.25, 0.3) is 0 Å². The standard InChI is InChI=1S/C17H22N4S/c1-11-7-8-14(9-11)10-18-16-17(21-22-20-16)19-15-6-4-5-12(2)13(15)3/h4-6,8,11H,7,9-10H2,1-3H3,(H,18,20)(H,19,21). The van der Waals surface area contributed by atoms with Crippen LogP contribution in [0.5, 0.6) is 0 Å². The molecule has 0 aliphatic heterocycles. The van der Waals surface area contributed by atoms with E-state index >= 15 is 0 Å². The first kappa shape index (κ1) is 15.0. The third-order valence-corrected chi connectivity index (χ3v) is 4.78. The summed E-state index contributed by atoms with van der Waals surface area (Å²) in [5.41, 5.74) is 5.07. The molecule has 0 amide bonds. The van der Waals surface area contributed by atoms with Crippen LogP contribution in [-0.4, -0.2) is 15.3 Å². The number of allylic oxidation sites excluding steroid dienone is 1. The number of benzene rings is 1. The van der Waals surface area contributed by atoms with E-state index in [1.807, 2.05) is 0 Å². The zero-order valence-corrected chi connectivity index (χ0v) is 14.1. The van der Waals surface area contributed by atoms with Crippen molar-refractivity contribution in [3.8, 4) is 0 Å². The van der Waals surface area contributed by atoms with Crippen molar-refractivity contribution < 1.29 is 0 Å². The molecule has 0 saturated carbocycles. The van der Waals surface area contributed by atoms with E-state index in [-0.39, 0.29) is 0 Å². The van der Waals surface area contributed by atoms with Crippen molar-refractivity contribution in [3.63, 3.8) is 0 Å². The first-order valence-electron chi connectivity index (χ1n) is 7.71. The monoisotopic (exact) mass is 314 g/mol. The van der Waals surface area contributed by atoms with Gasteiger partial charge in [0, 0.05) is 12.2 Å². The van der Waals surface area contributed by atoms with E-state index in [1.165, 1.54) is 41.3 Å². The Morgan fingerprint density at radius 3 is 2.82 bits per heavy atom. The Morgan fingerprint density at radius 2 is 2.05 bits per heavy atom. The van der Waals surface area contributed by atoms with Crippen LogP contribution < -0.4 is 10.6 Å². The summed E-state index contributed by atoms with van der Waals surface area (Å²) in [6.45, 7) is 7.39. The topological polar surface area (TPSA) is 49.8 Å². The van der Waals surface area contributed by atoms with Gasteiger partial charge < -0.3 is 10.6 Å². The average Bonchev–Trinajstić information content (AvgIpc) is 3.11. The molecule has 4 nitrogen and oxygen atoms in total. The largest absolute Gasteiger partial charge is 0.362 e. The Balaban J connectivity index is 1.68. The molecule has 3 rings (SSSR count). The fraction of sp³-hybridized carbons (Fsp3) is 0.412. The van der Waals surface area contributed by atoms with Crippen molar-refractivity contribution in [1.82, 2.24) is 8.75 Å². The van der Waals surface area contributed by atoms with Crippen LogP contribution in [0.25, 0.3) is 0 Å². The van der Waals surface area contributed by atoms with E-state index in [0.29, 0.717) is 0 Å². The molecule has 1 aromatic carbocycles. The molecule has 1 heterocycles. The van der Waals surface area contributed by atoms with Gasteiger partial charge in [-0.3, -0.25) is 0 Å². The highest BCUT2D eigenvalue weighted by molar-refractivity contribution is 6.99. The van der Waals surface area contributed by atoms with E-state index in [0.717, 1.165) is 29.8 Å². The molecule has 2 N–H and O–H groups in total. The van der Waals surface area contributed by atoms with Crippen LogP contribution in [0.3, 0.4) is 0 Å². The summed E-state index contributed by atoms with van der Waals surface area (Å²) in [4.78, 5) is 0. The van der Waals surface area contributed by atoms with E-state index < -0.39 is 0 Å².